The normalized spacial score (nSPS) is 11.5. The minimum Gasteiger partial charge on any atom is -0.382 e. The molecule has 1 rings (SSSR count). The molecular weight excluding hydrogens is 294 g/mol. The van der Waals surface area contributed by atoms with Crippen molar-refractivity contribution in [2.75, 3.05) is 11.9 Å². The number of nitrogens with one attached hydrogen (secondary N) is 1. The molecule has 1 aromatic rings. The Morgan fingerprint density at radius 1 is 1.50 bits per heavy atom. The van der Waals surface area contributed by atoms with Crippen molar-refractivity contribution in [3.63, 3.8) is 0 Å². The fourth-order valence-corrected chi connectivity index (χ4v) is 1.62. The molecule has 0 bridgehead atoms. The highest BCUT2D eigenvalue weighted by Crippen LogP contribution is 2.19. The van der Waals surface area contributed by atoms with Crippen molar-refractivity contribution in [2.45, 2.75) is 19.4 Å². The molecule has 0 saturated carbocycles. The first-order valence-electron chi connectivity index (χ1n) is 4.36. The average Bonchev–Trinajstić information content (AvgIpc) is 2.00. The van der Waals surface area contributed by atoms with E-state index in [2.05, 4.69) is 27.9 Å². The number of hydrogen-bond donors (Lipinski definition) is 2. The van der Waals surface area contributed by atoms with E-state index in [-0.39, 0.29) is 11.4 Å². The first kappa shape index (κ1) is 11.7. The molecule has 0 spiro atoms. The summed E-state index contributed by atoms with van der Waals surface area (Å²) < 4.78 is 13.6. The molecule has 0 amide bonds. The van der Waals surface area contributed by atoms with E-state index in [9.17, 15) is 4.39 Å². The van der Waals surface area contributed by atoms with Crippen molar-refractivity contribution in [1.82, 2.24) is 0 Å². The van der Waals surface area contributed by atoms with E-state index in [4.69, 9.17) is 5.73 Å². The molecule has 0 saturated heterocycles. The fourth-order valence-electron chi connectivity index (χ4n) is 0.956. The van der Waals surface area contributed by atoms with Gasteiger partial charge in [-0.05, 0) is 54.6 Å². The van der Waals surface area contributed by atoms with Crippen LogP contribution in [-0.2, 0) is 0 Å². The van der Waals surface area contributed by atoms with Crippen molar-refractivity contribution in [3.05, 3.63) is 27.6 Å². The maximum Gasteiger partial charge on any atom is 0.124 e. The predicted molar refractivity (Wildman–Crippen MR) is 65.9 cm³/mol. The molecule has 0 radical (unpaired) electrons. The summed E-state index contributed by atoms with van der Waals surface area (Å²) in [6.07, 6.45) is 0. The van der Waals surface area contributed by atoms with Crippen LogP contribution in [0.2, 0.25) is 0 Å². The predicted octanol–water partition coefficient (Wildman–Crippen LogP) is 2.58. The average molecular weight is 308 g/mol. The van der Waals surface area contributed by atoms with Crippen molar-refractivity contribution in [1.29, 1.82) is 0 Å². The van der Waals surface area contributed by atoms with Gasteiger partial charge in [-0.25, -0.2) is 4.39 Å². The molecule has 78 valence electrons. The number of benzene rings is 1. The van der Waals surface area contributed by atoms with Crippen LogP contribution in [0.4, 0.5) is 10.1 Å². The quantitative estimate of drug-likeness (QED) is 0.842. The summed E-state index contributed by atoms with van der Waals surface area (Å²) in [4.78, 5) is 0. The van der Waals surface area contributed by atoms with E-state index in [1.165, 1.54) is 12.1 Å². The lowest BCUT2D eigenvalue weighted by molar-refractivity contribution is 0.549. The minimum absolute atomic E-state index is 0.216. The van der Waals surface area contributed by atoms with Gasteiger partial charge in [-0.2, -0.15) is 0 Å². The fraction of sp³-hybridized carbons (Fsp3) is 0.400. The van der Waals surface area contributed by atoms with Gasteiger partial charge in [0.25, 0.3) is 0 Å². The van der Waals surface area contributed by atoms with Crippen LogP contribution in [0.5, 0.6) is 0 Å². The largest absolute Gasteiger partial charge is 0.382 e. The minimum atomic E-state index is -0.266. The van der Waals surface area contributed by atoms with Crippen LogP contribution in [0.3, 0.4) is 0 Å². The molecule has 3 N–H and O–H groups in total. The third kappa shape index (κ3) is 3.79. The summed E-state index contributed by atoms with van der Waals surface area (Å²) in [6.45, 7) is 4.54. The van der Waals surface area contributed by atoms with E-state index >= 15 is 0 Å². The highest BCUT2D eigenvalue weighted by molar-refractivity contribution is 14.1. The molecule has 0 aliphatic rings. The topological polar surface area (TPSA) is 38.0 Å². The molecular formula is C10H14FIN2. The Morgan fingerprint density at radius 2 is 2.14 bits per heavy atom. The van der Waals surface area contributed by atoms with Gasteiger partial charge >= 0.3 is 0 Å². The summed E-state index contributed by atoms with van der Waals surface area (Å²) >= 11 is 2.09. The van der Waals surface area contributed by atoms with Crippen LogP contribution >= 0.6 is 22.6 Å². The van der Waals surface area contributed by atoms with Crippen molar-refractivity contribution >= 4 is 28.3 Å². The molecule has 0 aliphatic carbocycles. The molecule has 0 aromatic heterocycles. The second-order valence-electron chi connectivity index (χ2n) is 3.97. The first-order chi connectivity index (χ1) is 6.38. The number of rotatable bonds is 3. The van der Waals surface area contributed by atoms with Gasteiger partial charge in [0.1, 0.15) is 5.82 Å². The Hall–Kier alpha value is -0.360. The van der Waals surface area contributed by atoms with Gasteiger partial charge in [0.15, 0.2) is 0 Å². The van der Waals surface area contributed by atoms with Crippen molar-refractivity contribution < 1.29 is 4.39 Å². The third-order valence-electron chi connectivity index (χ3n) is 1.67. The summed E-state index contributed by atoms with van der Waals surface area (Å²) in [7, 11) is 0. The molecule has 2 nitrogen and oxygen atoms in total. The Morgan fingerprint density at radius 3 is 2.64 bits per heavy atom. The summed E-state index contributed by atoms with van der Waals surface area (Å²) in [5, 5.41) is 3.18. The Bertz CT molecular complexity index is 320. The molecule has 0 aliphatic heterocycles. The lowest BCUT2D eigenvalue weighted by atomic mass is 10.1. The van der Waals surface area contributed by atoms with Crippen molar-refractivity contribution in [3.8, 4) is 0 Å². The van der Waals surface area contributed by atoms with E-state index in [1.807, 2.05) is 13.8 Å². The third-order valence-corrected chi connectivity index (χ3v) is 2.56. The van der Waals surface area contributed by atoms with Gasteiger partial charge in [-0.15, -0.1) is 0 Å². The highest BCUT2D eigenvalue weighted by atomic mass is 127. The number of nitrogens with two attached hydrogens (primary N) is 1. The molecule has 0 heterocycles. The van der Waals surface area contributed by atoms with Gasteiger partial charge in [0, 0.05) is 21.3 Å². The van der Waals surface area contributed by atoms with Gasteiger partial charge in [0.2, 0.25) is 0 Å². The maximum atomic E-state index is 12.8. The zero-order valence-corrected chi connectivity index (χ0v) is 10.4. The van der Waals surface area contributed by atoms with Gasteiger partial charge < -0.3 is 11.1 Å². The van der Waals surface area contributed by atoms with E-state index in [1.54, 1.807) is 6.07 Å². The molecule has 14 heavy (non-hydrogen) atoms. The molecule has 4 heteroatoms. The monoisotopic (exact) mass is 308 g/mol. The van der Waals surface area contributed by atoms with Crippen LogP contribution < -0.4 is 11.1 Å². The summed E-state index contributed by atoms with van der Waals surface area (Å²) in [5.74, 6) is -0.216. The Labute approximate surface area is 97.2 Å². The summed E-state index contributed by atoms with van der Waals surface area (Å²) in [5.41, 5.74) is 6.48. The van der Waals surface area contributed by atoms with E-state index < -0.39 is 0 Å². The number of hydrogen-bond acceptors (Lipinski definition) is 2. The zero-order valence-electron chi connectivity index (χ0n) is 8.27. The molecule has 0 unspecified atom stereocenters. The number of halogens is 2. The first-order valence-corrected chi connectivity index (χ1v) is 5.44. The van der Waals surface area contributed by atoms with Crippen LogP contribution in [0.25, 0.3) is 0 Å². The lowest BCUT2D eigenvalue weighted by Gasteiger charge is -2.20. The zero-order chi connectivity index (χ0) is 10.8. The SMILES string of the molecule is CC(C)(N)CNc1ccc(F)cc1I. The van der Waals surface area contributed by atoms with Crippen LogP contribution in [0, 0.1) is 9.39 Å². The van der Waals surface area contributed by atoms with Crippen LogP contribution in [-0.4, -0.2) is 12.1 Å². The van der Waals surface area contributed by atoms with Gasteiger partial charge in [0.05, 0.1) is 0 Å². The highest BCUT2D eigenvalue weighted by Gasteiger charge is 2.10. The van der Waals surface area contributed by atoms with E-state index in [0.29, 0.717) is 6.54 Å². The molecule has 0 fully saturated rings. The Kier molecular flexibility index (Phi) is 3.71. The standard InChI is InChI=1S/C10H14FIN2/c1-10(2,13)6-14-9-4-3-7(11)5-8(9)12/h3-5,14H,6,13H2,1-2H3. The van der Waals surface area contributed by atoms with Gasteiger partial charge in [-0.3, -0.25) is 0 Å². The Balaban J connectivity index is 2.68. The number of anilines is 1. The smallest absolute Gasteiger partial charge is 0.124 e. The maximum absolute atomic E-state index is 12.8. The molecule has 0 atom stereocenters. The molecule has 1 aromatic carbocycles. The van der Waals surface area contributed by atoms with Gasteiger partial charge in [-0.1, -0.05) is 0 Å². The van der Waals surface area contributed by atoms with E-state index in [0.717, 1.165) is 9.26 Å². The second kappa shape index (κ2) is 4.44. The van der Waals surface area contributed by atoms with Crippen LogP contribution in [0.1, 0.15) is 13.8 Å². The second-order valence-corrected chi connectivity index (χ2v) is 5.13. The van der Waals surface area contributed by atoms with Crippen LogP contribution in [0.15, 0.2) is 18.2 Å². The summed E-state index contributed by atoms with van der Waals surface area (Å²) in [6, 6.07) is 4.66. The van der Waals surface area contributed by atoms with Crippen molar-refractivity contribution in [2.24, 2.45) is 5.73 Å². The lowest BCUT2D eigenvalue weighted by Crippen LogP contribution is -2.39.